The van der Waals surface area contributed by atoms with Crippen molar-refractivity contribution in [1.82, 2.24) is 8.61 Å². The van der Waals surface area contributed by atoms with E-state index in [0.29, 0.717) is 0 Å². The molecule has 1 aromatic carbocycles. The quantitative estimate of drug-likeness (QED) is 0.771. The summed E-state index contributed by atoms with van der Waals surface area (Å²) in [6, 6.07) is 6.39. The summed E-state index contributed by atoms with van der Waals surface area (Å²) in [5.41, 5.74) is 0. The van der Waals surface area contributed by atoms with Crippen LogP contribution in [0.4, 0.5) is 0 Å². The van der Waals surface area contributed by atoms with Gasteiger partial charge in [0.15, 0.2) is 0 Å². The Morgan fingerprint density at radius 1 is 0.900 bits per heavy atom. The van der Waals surface area contributed by atoms with Crippen molar-refractivity contribution in [2.75, 3.05) is 32.4 Å². The number of nitrogens with zero attached hydrogens (tertiary/aromatic N) is 2. The summed E-state index contributed by atoms with van der Waals surface area (Å²) in [7, 11) is -6.82. The molecular weight excluding hydrogens is 368 g/mol. The molecule has 2 rings (SSSR count). The minimum absolute atomic E-state index is 0.172. The fraction of sp³-hybridized carbons (Fsp3) is 0.455. The lowest BCUT2D eigenvalue weighted by Crippen LogP contribution is -2.50. The number of hydrogen-bond donors (Lipinski definition) is 0. The summed E-state index contributed by atoms with van der Waals surface area (Å²) in [5, 5.41) is 0. The third kappa shape index (κ3) is 3.40. The highest BCUT2D eigenvalue weighted by molar-refractivity contribution is 9.10. The molecule has 0 radical (unpaired) electrons. The van der Waals surface area contributed by atoms with Crippen LogP contribution in [0.5, 0.6) is 0 Å². The van der Waals surface area contributed by atoms with Gasteiger partial charge in [0.05, 0.1) is 11.2 Å². The standard InChI is InChI=1S/C11H15BrN2O4S2/c1-19(15,16)13-6-8-14(9-7-13)20(17,18)11-4-2-10(12)3-5-11/h2-5H,6-9H2,1H3. The van der Waals surface area contributed by atoms with Crippen LogP contribution in [0.3, 0.4) is 0 Å². The zero-order chi connectivity index (χ0) is 15.0. The molecule has 112 valence electrons. The van der Waals surface area contributed by atoms with Gasteiger partial charge in [-0.1, -0.05) is 15.9 Å². The fourth-order valence-electron chi connectivity index (χ4n) is 2.00. The number of benzene rings is 1. The second-order valence-corrected chi connectivity index (χ2v) is 9.36. The molecule has 0 aliphatic carbocycles. The van der Waals surface area contributed by atoms with Gasteiger partial charge in [-0.3, -0.25) is 0 Å². The topological polar surface area (TPSA) is 74.8 Å². The number of piperazine rings is 1. The van der Waals surface area contributed by atoms with Gasteiger partial charge in [-0.15, -0.1) is 0 Å². The highest BCUT2D eigenvalue weighted by Crippen LogP contribution is 2.20. The lowest BCUT2D eigenvalue weighted by molar-refractivity contribution is 0.274. The zero-order valence-corrected chi connectivity index (χ0v) is 14.1. The molecule has 0 aromatic heterocycles. The van der Waals surface area contributed by atoms with E-state index in [4.69, 9.17) is 0 Å². The Kier molecular flexibility index (Phi) is 4.55. The van der Waals surface area contributed by atoms with Crippen molar-refractivity contribution in [3.05, 3.63) is 28.7 Å². The van der Waals surface area contributed by atoms with Gasteiger partial charge in [-0.2, -0.15) is 8.61 Å². The van der Waals surface area contributed by atoms with Crippen molar-refractivity contribution < 1.29 is 16.8 Å². The molecule has 0 atom stereocenters. The zero-order valence-electron chi connectivity index (χ0n) is 10.9. The van der Waals surface area contributed by atoms with Gasteiger partial charge in [0.2, 0.25) is 20.0 Å². The molecular formula is C11H15BrN2O4S2. The van der Waals surface area contributed by atoms with E-state index in [2.05, 4.69) is 15.9 Å². The average Bonchev–Trinajstić information content (AvgIpc) is 2.38. The molecule has 6 nitrogen and oxygen atoms in total. The van der Waals surface area contributed by atoms with Crippen LogP contribution in [0, 0.1) is 0 Å². The summed E-state index contributed by atoms with van der Waals surface area (Å²) >= 11 is 3.26. The lowest BCUT2D eigenvalue weighted by Gasteiger charge is -2.32. The molecule has 1 fully saturated rings. The van der Waals surface area contributed by atoms with Crippen LogP contribution in [0.1, 0.15) is 0 Å². The van der Waals surface area contributed by atoms with Crippen LogP contribution in [-0.2, 0) is 20.0 Å². The summed E-state index contributed by atoms with van der Waals surface area (Å²) < 4.78 is 51.0. The van der Waals surface area contributed by atoms with Crippen LogP contribution in [0.2, 0.25) is 0 Å². The number of hydrogen-bond acceptors (Lipinski definition) is 4. The number of sulfonamides is 2. The van der Waals surface area contributed by atoms with Crippen LogP contribution in [0.15, 0.2) is 33.6 Å². The van der Waals surface area contributed by atoms with Crippen molar-refractivity contribution >= 4 is 36.0 Å². The van der Waals surface area contributed by atoms with E-state index in [1.165, 1.54) is 20.7 Å². The Balaban J connectivity index is 2.15. The smallest absolute Gasteiger partial charge is 0.213 e. The molecule has 1 saturated heterocycles. The molecule has 0 saturated carbocycles. The minimum Gasteiger partial charge on any atom is -0.213 e. The Hall–Kier alpha value is -0.480. The SMILES string of the molecule is CS(=O)(=O)N1CCN(S(=O)(=O)c2ccc(Br)cc2)CC1. The fourth-order valence-corrected chi connectivity index (χ4v) is 4.51. The molecule has 0 unspecified atom stereocenters. The maximum Gasteiger partial charge on any atom is 0.243 e. The van der Waals surface area contributed by atoms with Crippen molar-refractivity contribution in [3.8, 4) is 0 Å². The summed E-state index contributed by atoms with van der Waals surface area (Å²) in [4.78, 5) is 0.216. The van der Waals surface area contributed by atoms with Gasteiger partial charge in [-0.25, -0.2) is 16.8 Å². The van der Waals surface area contributed by atoms with E-state index >= 15 is 0 Å². The third-order valence-corrected chi connectivity index (χ3v) is 6.86. The number of rotatable bonds is 3. The van der Waals surface area contributed by atoms with Gasteiger partial charge in [0, 0.05) is 30.7 Å². The second kappa shape index (κ2) is 5.72. The van der Waals surface area contributed by atoms with E-state index in [1.54, 1.807) is 12.1 Å². The monoisotopic (exact) mass is 382 g/mol. The molecule has 20 heavy (non-hydrogen) atoms. The highest BCUT2D eigenvalue weighted by Gasteiger charge is 2.31. The molecule has 9 heteroatoms. The van der Waals surface area contributed by atoms with Gasteiger partial charge in [0.1, 0.15) is 0 Å². The predicted octanol–water partition coefficient (Wildman–Crippen LogP) is 0.715. The van der Waals surface area contributed by atoms with Crippen LogP contribution >= 0.6 is 15.9 Å². The van der Waals surface area contributed by atoms with E-state index in [-0.39, 0.29) is 31.1 Å². The van der Waals surface area contributed by atoms with Crippen molar-refractivity contribution in [3.63, 3.8) is 0 Å². The van der Waals surface area contributed by atoms with Crippen LogP contribution in [-0.4, -0.2) is 57.9 Å². The maximum absolute atomic E-state index is 12.4. The summed E-state index contributed by atoms with van der Waals surface area (Å²) in [6.45, 7) is 0.722. The number of halogens is 1. The molecule has 0 N–H and O–H groups in total. The van der Waals surface area contributed by atoms with Crippen molar-refractivity contribution in [2.24, 2.45) is 0 Å². The molecule has 1 aliphatic rings. The molecule has 1 heterocycles. The first kappa shape index (κ1) is 15.9. The van der Waals surface area contributed by atoms with E-state index < -0.39 is 20.0 Å². The minimum atomic E-state index is -3.56. The summed E-state index contributed by atoms with van der Waals surface area (Å²) in [5.74, 6) is 0. The first-order valence-electron chi connectivity index (χ1n) is 5.92. The lowest BCUT2D eigenvalue weighted by atomic mass is 10.4. The van der Waals surface area contributed by atoms with Crippen molar-refractivity contribution in [2.45, 2.75) is 4.90 Å². The van der Waals surface area contributed by atoms with E-state index in [9.17, 15) is 16.8 Å². The van der Waals surface area contributed by atoms with Crippen LogP contribution in [0.25, 0.3) is 0 Å². The van der Waals surface area contributed by atoms with Crippen LogP contribution < -0.4 is 0 Å². The van der Waals surface area contributed by atoms with Gasteiger partial charge >= 0.3 is 0 Å². The van der Waals surface area contributed by atoms with Gasteiger partial charge in [0.25, 0.3) is 0 Å². The second-order valence-electron chi connectivity index (χ2n) is 4.52. The molecule has 0 amide bonds. The Morgan fingerprint density at radius 3 is 1.80 bits per heavy atom. The van der Waals surface area contributed by atoms with Gasteiger partial charge < -0.3 is 0 Å². The Bertz CT molecular complexity index is 678. The highest BCUT2D eigenvalue weighted by atomic mass is 79.9. The predicted molar refractivity (Wildman–Crippen MR) is 79.3 cm³/mol. The Morgan fingerprint density at radius 2 is 1.35 bits per heavy atom. The molecule has 0 bridgehead atoms. The molecule has 0 spiro atoms. The summed E-state index contributed by atoms with van der Waals surface area (Å²) in [6.07, 6.45) is 1.13. The first-order chi connectivity index (χ1) is 9.21. The van der Waals surface area contributed by atoms with Crippen molar-refractivity contribution in [1.29, 1.82) is 0 Å². The van der Waals surface area contributed by atoms with Gasteiger partial charge in [-0.05, 0) is 24.3 Å². The normalized spacial score (nSPS) is 19.1. The molecule has 1 aliphatic heterocycles. The Labute approximate surface area is 127 Å². The average molecular weight is 383 g/mol. The van der Waals surface area contributed by atoms with E-state index in [0.717, 1.165) is 10.7 Å². The molecule has 1 aromatic rings. The largest absolute Gasteiger partial charge is 0.243 e. The third-order valence-electron chi connectivity index (χ3n) is 3.12. The maximum atomic E-state index is 12.4. The van der Waals surface area contributed by atoms with E-state index in [1.807, 2.05) is 0 Å². The first-order valence-corrected chi connectivity index (χ1v) is 10.0.